The molecular weight excluding hydrogens is 438 g/mol. The second-order valence-electron chi connectivity index (χ2n) is 8.82. The maximum atomic E-state index is 12.1. The molecule has 6 N–H and O–H groups in total. The van der Waals surface area contributed by atoms with E-state index in [4.69, 9.17) is 10.2 Å². The van der Waals surface area contributed by atoms with Crippen molar-refractivity contribution in [2.45, 2.75) is 57.7 Å². The number of carbonyl (C=O) groups is 2. The van der Waals surface area contributed by atoms with Crippen molar-refractivity contribution in [2.75, 3.05) is 18.4 Å². The molecule has 0 bridgehead atoms. The van der Waals surface area contributed by atoms with Gasteiger partial charge < -0.3 is 25.8 Å². The third kappa shape index (κ3) is 6.33. The van der Waals surface area contributed by atoms with Crippen molar-refractivity contribution in [3.05, 3.63) is 30.0 Å². The smallest absolute Gasteiger partial charge is 0.332 e. The number of H-pyrrole nitrogens is 2. The monoisotopic (exact) mass is 469 g/mol. The highest BCUT2D eigenvalue weighted by molar-refractivity contribution is 5.93. The SMILES string of the molecule is CC(O)C(=O)O.O=C(Nc1cn[nH]c1-c1nc2ccc(CN3CCCCC3)cc2[nH]1)NC1CC1. The van der Waals surface area contributed by atoms with Gasteiger partial charge in [0.1, 0.15) is 11.8 Å². The highest BCUT2D eigenvalue weighted by atomic mass is 16.4. The molecule has 0 radical (unpaired) electrons. The molecule has 2 aromatic heterocycles. The highest BCUT2D eigenvalue weighted by Gasteiger charge is 2.24. The molecule has 11 heteroatoms. The van der Waals surface area contributed by atoms with Gasteiger partial charge in [-0.25, -0.2) is 14.6 Å². The fraction of sp³-hybridized carbons (Fsp3) is 0.478. The summed E-state index contributed by atoms with van der Waals surface area (Å²) < 4.78 is 0. The Morgan fingerprint density at radius 3 is 2.65 bits per heavy atom. The summed E-state index contributed by atoms with van der Waals surface area (Å²) in [6.07, 6.45) is 6.41. The molecule has 1 atom stereocenters. The predicted octanol–water partition coefficient (Wildman–Crippen LogP) is 2.67. The van der Waals surface area contributed by atoms with Gasteiger partial charge in [0.05, 0.1) is 22.9 Å². The number of nitrogens with one attached hydrogen (secondary N) is 4. The summed E-state index contributed by atoms with van der Waals surface area (Å²) in [5, 5.41) is 28.6. The number of amides is 2. The van der Waals surface area contributed by atoms with Gasteiger partial charge in [-0.2, -0.15) is 5.10 Å². The molecule has 5 rings (SSSR count). The zero-order valence-electron chi connectivity index (χ0n) is 19.2. The van der Waals surface area contributed by atoms with E-state index in [1.807, 2.05) is 0 Å². The summed E-state index contributed by atoms with van der Waals surface area (Å²) in [6, 6.07) is 6.48. The number of piperidine rings is 1. The van der Waals surface area contributed by atoms with Crippen LogP contribution in [0.4, 0.5) is 10.5 Å². The van der Waals surface area contributed by atoms with Crippen molar-refractivity contribution in [2.24, 2.45) is 0 Å². The van der Waals surface area contributed by atoms with Gasteiger partial charge in [0.25, 0.3) is 0 Å². The number of aliphatic carboxylic acids is 1. The van der Waals surface area contributed by atoms with Crippen LogP contribution in [0.2, 0.25) is 0 Å². The van der Waals surface area contributed by atoms with Gasteiger partial charge in [-0.3, -0.25) is 10.00 Å². The number of imidazole rings is 1. The number of aromatic nitrogens is 4. The molecule has 1 saturated carbocycles. The number of aliphatic hydroxyl groups is 1. The van der Waals surface area contributed by atoms with Crippen LogP contribution in [0.3, 0.4) is 0 Å². The Labute approximate surface area is 197 Å². The summed E-state index contributed by atoms with van der Waals surface area (Å²) in [6.45, 7) is 4.53. The lowest BCUT2D eigenvalue weighted by Crippen LogP contribution is -2.30. The number of carboxylic acids is 1. The number of likely N-dealkylation sites (tertiary alicyclic amines) is 1. The van der Waals surface area contributed by atoms with Crippen molar-refractivity contribution in [1.82, 2.24) is 30.4 Å². The fourth-order valence-corrected chi connectivity index (χ4v) is 3.78. The number of aromatic amines is 2. The molecule has 2 amide bonds. The molecule has 1 aromatic carbocycles. The Bertz CT molecular complexity index is 1130. The number of nitrogens with zero attached hydrogens (tertiary/aromatic N) is 3. The predicted molar refractivity (Wildman–Crippen MR) is 127 cm³/mol. The quantitative estimate of drug-likeness (QED) is 0.324. The third-order valence-corrected chi connectivity index (χ3v) is 5.80. The Morgan fingerprint density at radius 2 is 1.97 bits per heavy atom. The van der Waals surface area contributed by atoms with E-state index in [0.717, 1.165) is 30.4 Å². The number of fused-ring (bicyclic) bond motifs is 1. The van der Waals surface area contributed by atoms with Gasteiger partial charge in [0.15, 0.2) is 5.82 Å². The molecule has 1 aliphatic carbocycles. The molecule has 2 aliphatic rings. The van der Waals surface area contributed by atoms with Gasteiger partial charge in [0.2, 0.25) is 0 Å². The van der Waals surface area contributed by atoms with Crippen LogP contribution in [0, 0.1) is 0 Å². The van der Waals surface area contributed by atoms with Gasteiger partial charge in [-0.05, 0) is 63.4 Å². The topological polar surface area (TPSA) is 159 Å². The minimum atomic E-state index is -1.23. The molecule has 34 heavy (non-hydrogen) atoms. The minimum absolute atomic E-state index is 0.204. The maximum Gasteiger partial charge on any atom is 0.332 e. The molecule has 0 spiro atoms. The van der Waals surface area contributed by atoms with Crippen LogP contribution < -0.4 is 10.6 Å². The number of hydrogen-bond acceptors (Lipinski definition) is 6. The summed E-state index contributed by atoms with van der Waals surface area (Å²) in [4.78, 5) is 32.1. The fourth-order valence-electron chi connectivity index (χ4n) is 3.78. The largest absolute Gasteiger partial charge is 0.479 e. The van der Waals surface area contributed by atoms with E-state index in [1.54, 1.807) is 6.20 Å². The number of carbonyl (C=O) groups excluding carboxylic acids is 1. The molecule has 2 fully saturated rings. The lowest BCUT2D eigenvalue weighted by Gasteiger charge is -2.26. The molecule has 3 aromatic rings. The number of benzene rings is 1. The second-order valence-corrected chi connectivity index (χ2v) is 8.82. The van der Waals surface area contributed by atoms with E-state index in [1.165, 1.54) is 44.8 Å². The van der Waals surface area contributed by atoms with Gasteiger partial charge >= 0.3 is 12.0 Å². The molecule has 1 unspecified atom stereocenters. The lowest BCUT2D eigenvalue weighted by atomic mass is 10.1. The molecule has 3 heterocycles. The van der Waals surface area contributed by atoms with Crippen molar-refractivity contribution < 1.29 is 19.8 Å². The minimum Gasteiger partial charge on any atom is -0.479 e. The third-order valence-electron chi connectivity index (χ3n) is 5.80. The second kappa shape index (κ2) is 10.7. The molecular formula is C23H31N7O4. The van der Waals surface area contributed by atoms with Gasteiger partial charge in [0, 0.05) is 12.6 Å². The first-order valence-electron chi connectivity index (χ1n) is 11.6. The van der Waals surface area contributed by atoms with Crippen LogP contribution in [0.15, 0.2) is 24.4 Å². The van der Waals surface area contributed by atoms with E-state index in [9.17, 15) is 9.59 Å². The average Bonchev–Trinajstić information content (AvgIpc) is 3.33. The Morgan fingerprint density at radius 1 is 1.24 bits per heavy atom. The zero-order valence-corrected chi connectivity index (χ0v) is 19.2. The Kier molecular flexibility index (Phi) is 7.43. The molecule has 11 nitrogen and oxygen atoms in total. The van der Waals surface area contributed by atoms with Crippen molar-refractivity contribution in [1.29, 1.82) is 0 Å². The summed E-state index contributed by atoms with van der Waals surface area (Å²) in [7, 11) is 0. The van der Waals surface area contributed by atoms with Crippen LogP contribution in [0.25, 0.3) is 22.6 Å². The zero-order chi connectivity index (χ0) is 24.1. The normalized spacial score (nSPS) is 17.0. The van der Waals surface area contributed by atoms with Crippen LogP contribution in [-0.4, -0.2) is 72.5 Å². The standard InChI is InChI=1S/C20H25N7O.C3H6O3/c28-20(22-14-5-6-14)25-17-11-21-26-18(17)19-23-15-7-4-13(10-16(15)24-19)12-27-8-2-1-3-9-27;1-2(4)3(5)6/h4,7,10-11,14H,1-3,5-6,8-9,12H2,(H,21,26)(H,23,24)(H2,22,25,28);2,4H,1H3,(H,5,6). The van der Waals surface area contributed by atoms with Gasteiger partial charge in [-0.1, -0.05) is 12.5 Å². The van der Waals surface area contributed by atoms with Crippen LogP contribution in [0.5, 0.6) is 0 Å². The summed E-state index contributed by atoms with van der Waals surface area (Å²) in [5.74, 6) is -0.514. The number of anilines is 1. The lowest BCUT2D eigenvalue weighted by molar-refractivity contribution is -0.145. The van der Waals surface area contributed by atoms with Crippen molar-refractivity contribution in [3.8, 4) is 11.5 Å². The highest BCUT2D eigenvalue weighted by Crippen LogP contribution is 2.26. The number of urea groups is 1. The van der Waals surface area contributed by atoms with E-state index in [2.05, 4.69) is 53.9 Å². The first-order chi connectivity index (χ1) is 16.4. The molecule has 182 valence electrons. The molecule has 1 aliphatic heterocycles. The van der Waals surface area contributed by atoms with E-state index in [-0.39, 0.29) is 6.03 Å². The van der Waals surface area contributed by atoms with Crippen LogP contribution >= 0.6 is 0 Å². The number of carboxylic acid groups (broad SMARTS) is 1. The Hall–Kier alpha value is -3.44. The first kappa shape index (κ1) is 23.7. The molecule has 1 saturated heterocycles. The van der Waals surface area contributed by atoms with Crippen LogP contribution in [0.1, 0.15) is 44.6 Å². The van der Waals surface area contributed by atoms with E-state index >= 15 is 0 Å². The maximum absolute atomic E-state index is 12.1. The number of rotatable bonds is 6. The van der Waals surface area contributed by atoms with Crippen LogP contribution in [-0.2, 0) is 11.3 Å². The van der Waals surface area contributed by atoms with E-state index in [0.29, 0.717) is 23.2 Å². The van der Waals surface area contributed by atoms with E-state index < -0.39 is 12.1 Å². The van der Waals surface area contributed by atoms with Crippen molar-refractivity contribution >= 4 is 28.7 Å². The van der Waals surface area contributed by atoms with Gasteiger partial charge in [-0.15, -0.1) is 0 Å². The number of hydrogen-bond donors (Lipinski definition) is 6. The first-order valence-corrected chi connectivity index (χ1v) is 11.6. The summed E-state index contributed by atoms with van der Waals surface area (Å²) >= 11 is 0. The summed E-state index contributed by atoms with van der Waals surface area (Å²) in [5.41, 5.74) is 4.48. The average molecular weight is 470 g/mol. The van der Waals surface area contributed by atoms with Crippen molar-refractivity contribution in [3.63, 3.8) is 0 Å². The number of aliphatic hydroxyl groups excluding tert-OH is 1. The Balaban J connectivity index is 0.000000408.